The van der Waals surface area contributed by atoms with Gasteiger partial charge in [-0.05, 0) is 29.7 Å². The van der Waals surface area contributed by atoms with Crippen molar-refractivity contribution in [3.05, 3.63) is 95.3 Å². The molecule has 29 heavy (non-hydrogen) atoms. The molecule has 4 atom stereocenters. The molecule has 2 aliphatic rings. The Balaban J connectivity index is 2.02. The summed E-state index contributed by atoms with van der Waals surface area (Å²) in [6.07, 6.45) is 5.59. The van der Waals surface area contributed by atoms with Crippen LogP contribution in [0.1, 0.15) is 23.2 Å². The highest BCUT2D eigenvalue weighted by Crippen LogP contribution is 2.65. The molecular formula is C23H19ClN2O3. The summed E-state index contributed by atoms with van der Waals surface area (Å²) in [4.78, 5) is 4.31. The van der Waals surface area contributed by atoms with Crippen LogP contribution in [0.15, 0.2) is 73.5 Å². The number of pyridine rings is 1. The Morgan fingerprint density at radius 3 is 2.69 bits per heavy atom. The number of allylic oxidation sites excluding steroid dienone is 3. The Morgan fingerprint density at radius 2 is 2.07 bits per heavy atom. The van der Waals surface area contributed by atoms with Crippen molar-refractivity contribution in [3.63, 3.8) is 0 Å². The van der Waals surface area contributed by atoms with Crippen LogP contribution >= 0.6 is 11.6 Å². The molecule has 1 saturated carbocycles. The van der Waals surface area contributed by atoms with E-state index in [1.54, 1.807) is 48.6 Å². The Labute approximate surface area is 173 Å². The van der Waals surface area contributed by atoms with Gasteiger partial charge in [-0.15, -0.1) is 0 Å². The Bertz CT molecular complexity index is 1070. The standard InChI is InChI=1S/C23H19ClN2O3/c1-3-5-15(4-2)18-11-20(27)22(28)21-19(10-17(24)13-26-21)29-23(18,22)16-8-6-14(12-25)7-9-16/h3-10,13,18,20,27-28H,1-2,11H2/b15-5+. The fourth-order valence-corrected chi connectivity index (χ4v) is 4.77. The van der Waals surface area contributed by atoms with Crippen molar-refractivity contribution in [2.75, 3.05) is 0 Å². The maximum atomic E-state index is 11.9. The topological polar surface area (TPSA) is 86.4 Å². The second-order valence-corrected chi connectivity index (χ2v) is 7.64. The molecule has 6 heteroatoms. The molecule has 1 aliphatic heterocycles. The van der Waals surface area contributed by atoms with Crippen LogP contribution in [0.5, 0.6) is 5.75 Å². The predicted octanol–water partition coefficient (Wildman–Crippen LogP) is 3.76. The quantitative estimate of drug-likeness (QED) is 0.755. The molecule has 0 bridgehead atoms. The van der Waals surface area contributed by atoms with Crippen LogP contribution in [0.4, 0.5) is 0 Å². The van der Waals surface area contributed by atoms with Crippen LogP contribution in [0, 0.1) is 17.2 Å². The number of ether oxygens (including phenoxy) is 1. The molecule has 0 spiro atoms. The van der Waals surface area contributed by atoms with Gasteiger partial charge in [0.15, 0.2) is 11.2 Å². The molecule has 0 amide bonds. The van der Waals surface area contributed by atoms with Crippen molar-refractivity contribution in [1.29, 1.82) is 5.26 Å². The molecule has 0 saturated heterocycles. The molecule has 1 aromatic heterocycles. The smallest absolute Gasteiger partial charge is 0.180 e. The van der Waals surface area contributed by atoms with Crippen molar-refractivity contribution in [1.82, 2.24) is 4.98 Å². The lowest BCUT2D eigenvalue weighted by Crippen LogP contribution is -2.53. The number of nitrogens with zero attached hydrogens (tertiary/aromatic N) is 2. The van der Waals surface area contributed by atoms with Gasteiger partial charge in [-0.25, -0.2) is 0 Å². The summed E-state index contributed by atoms with van der Waals surface area (Å²) < 4.78 is 6.41. The first-order valence-corrected chi connectivity index (χ1v) is 9.51. The van der Waals surface area contributed by atoms with E-state index in [0.717, 1.165) is 5.57 Å². The van der Waals surface area contributed by atoms with Gasteiger partial charge in [0.25, 0.3) is 0 Å². The Kier molecular flexibility index (Phi) is 4.59. The van der Waals surface area contributed by atoms with Gasteiger partial charge in [0.1, 0.15) is 11.4 Å². The van der Waals surface area contributed by atoms with Crippen LogP contribution in [0.3, 0.4) is 0 Å². The third-order valence-corrected chi connectivity index (χ3v) is 6.05. The normalized spacial score (nSPS) is 30.1. The lowest BCUT2D eigenvalue weighted by Gasteiger charge is -2.40. The Morgan fingerprint density at radius 1 is 1.34 bits per heavy atom. The van der Waals surface area contributed by atoms with Crippen molar-refractivity contribution in [3.8, 4) is 11.8 Å². The summed E-state index contributed by atoms with van der Waals surface area (Å²) in [6, 6.07) is 10.4. The highest BCUT2D eigenvalue weighted by atomic mass is 35.5. The number of hydrogen-bond donors (Lipinski definition) is 2. The van der Waals surface area contributed by atoms with Crippen molar-refractivity contribution < 1.29 is 14.9 Å². The summed E-state index contributed by atoms with van der Waals surface area (Å²) in [7, 11) is 0. The summed E-state index contributed by atoms with van der Waals surface area (Å²) in [5, 5.41) is 32.5. The van der Waals surface area contributed by atoms with E-state index in [-0.39, 0.29) is 12.1 Å². The van der Waals surface area contributed by atoms with Crippen molar-refractivity contribution >= 4 is 11.6 Å². The van der Waals surface area contributed by atoms with Gasteiger partial charge in [-0.2, -0.15) is 5.26 Å². The minimum atomic E-state index is -1.81. The highest BCUT2D eigenvalue weighted by molar-refractivity contribution is 6.30. The third-order valence-electron chi connectivity index (χ3n) is 5.84. The number of halogens is 1. The lowest BCUT2D eigenvalue weighted by atomic mass is 9.72. The summed E-state index contributed by atoms with van der Waals surface area (Å²) in [6.45, 7) is 7.64. The number of aliphatic hydroxyl groups is 2. The molecule has 146 valence electrons. The lowest BCUT2D eigenvalue weighted by molar-refractivity contribution is -0.154. The second-order valence-electron chi connectivity index (χ2n) is 7.20. The van der Waals surface area contributed by atoms with Gasteiger partial charge in [0.2, 0.25) is 0 Å². The van der Waals surface area contributed by atoms with Gasteiger partial charge in [0.05, 0.1) is 22.8 Å². The fourth-order valence-electron chi connectivity index (χ4n) is 4.62. The maximum Gasteiger partial charge on any atom is 0.180 e. The van der Waals surface area contributed by atoms with Crippen LogP contribution in [0.2, 0.25) is 5.02 Å². The molecule has 0 radical (unpaired) electrons. The van der Waals surface area contributed by atoms with E-state index in [9.17, 15) is 10.2 Å². The fraction of sp³-hybridized carbons (Fsp3) is 0.217. The van der Waals surface area contributed by atoms with E-state index in [1.807, 2.05) is 0 Å². The highest BCUT2D eigenvalue weighted by Gasteiger charge is 2.73. The van der Waals surface area contributed by atoms with Gasteiger partial charge in [0, 0.05) is 18.2 Å². The molecule has 2 heterocycles. The van der Waals surface area contributed by atoms with Crippen molar-refractivity contribution in [2.45, 2.75) is 23.7 Å². The number of fused-ring (bicyclic) bond motifs is 3. The van der Waals surface area contributed by atoms with Crippen LogP contribution in [0.25, 0.3) is 0 Å². The van der Waals surface area contributed by atoms with Crippen molar-refractivity contribution in [2.24, 2.45) is 5.92 Å². The first-order chi connectivity index (χ1) is 13.9. The van der Waals surface area contributed by atoms with Gasteiger partial charge >= 0.3 is 0 Å². The molecule has 1 aliphatic carbocycles. The third kappa shape index (κ3) is 2.50. The first-order valence-electron chi connectivity index (χ1n) is 9.13. The number of aromatic nitrogens is 1. The summed E-state index contributed by atoms with van der Waals surface area (Å²) in [5.41, 5.74) is -1.09. The van der Waals surface area contributed by atoms with Gasteiger partial charge < -0.3 is 14.9 Å². The molecule has 1 fully saturated rings. The van der Waals surface area contributed by atoms with E-state index >= 15 is 0 Å². The minimum Gasteiger partial charge on any atom is -0.476 e. The molecular weight excluding hydrogens is 388 g/mol. The van der Waals surface area contributed by atoms with Crippen LogP contribution in [-0.4, -0.2) is 21.3 Å². The van der Waals surface area contributed by atoms with E-state index < -0.39 is 23.2 Å². The number of rotatable bonds is 4. The molecule has 5 nitrogen and oxygen atoms in total. The minimum absolute atomic E-state index is 0.228. The summed E-state index contributed by atoms with van der Waals surface area (Å²) in [5.74, 6) is -0.131. The number of nitriles is 1. The first kappa shape index (κ1) is 19.4. The molecule has 4 unspecified atom stereocenters. The number of benzene rings is 1. The molecule has 2 aromatic rings. The zero-order valence-electron chi connectivity index (χ0n) is 15.5. The average Bonchev–Trinajstić information content (AvgIpc) is 3.11. The zero-order chi connectivity index (χ0) is 20.8. The van der Waals surface area contributed by atoms with E-state index in [1.165, 1.54) is 6.20 Å². The number of aliphatic hydroxyl groups excluding tert-OH is 1. The average molecular weight is 407 g/mol. The number of hydrogen-bond acceptors (Lipinski definition) is 5. The van der Waals surface area contributed by atoms with E-state index in [2.05, 4.69) is 24.2 Å². The molecule has 1 aromatic carbocycles. The van der Waals surface area contributed by atoms with Crippen LogP contribution in [-0.2, 0) is 11.2 Å². The molecule has 2 N–H and O–H groups in total. The van der Waals surface area contributed by atoms with E-state index in [4.69, 9.17) is 21.6 Å². The zero-order valence-corrected chi connectivity index (χ0v) is 16.3. The van der Waals surface area contributed by atoms with Crippen LogP contribution < -0.4 is 4.74 Å². The largest absolute Gasteiger partial charge is 0.476 e. The predicted molar refractivity (Wildman–Crippen MR) is 109 cm³/mol. The van der Waals surface area contributed by atoms with Gasteiger partial charge in [-0.3, -0.25) is 4.98 Å². The molecule has 4 rings (SSSR count). The summed E-state index contributed by atoms with van der Waals surface area (Å²) >= 11 is 6.11. The SMILES string of the molecule is C=C/C=C(\C=C)C1CC(O)C2(O)c3ncc(Cl)cc3OC12c1ccc(C#N)cc1. The second kappa shape index (κ2) is 6.85. The van der Waals surface area contributed by atoms with E-state index in [0.29, 0.717) is 21.9 Å². The van der Waals surface area contributed by atoms with Gasteiger partial charge in [-0.1, -0.05) is 55.1 Å². The Hall–Kier alpha value is -2.91. The monoisotopic (exact) mass is 406 g/mol. The maximum absolute atomic E-state index is 11.9.